The van der Waals surface area contributed by atoms with Gasteiger partial charge in [0.05, 0.1) is 17.1 Å². The van der Waals surface area contributed by atoms with Crippen LogP contribution >= 0.6 is 0 Å². The van der Waals surface area contributed by atoms with E-state index in [0.29, 0.717) is 11.4 Å². The molecule has 1 unspecified atom stereocenters. The van der Waals surface area contributed by atoms with Crippen molar-refractivity contribution in [1.82, 2.24) is 19.7 Å². The summed E-state index contributed by atoms with van der Waals surface area (Å²) in [5.41, 5.74) is 1.28. The molecule has 2 heterocycles. The molecule has 0 saturated carbocycles. The zero-order valence-electron chi connectivity index (χ0n) is 14.7. The average molecular weight is 372 g/mol. The lowest BCUT2D eigenvalue weighted by Gasteiger charge is -2.15. The fourth-order valence-electron chi connectivity index (χ4n) is 2.73. The number of hydrogen-bond donors (Lipinski definition) is 1. The molecule has 136 valence electrons. The highest BCUT2D eigenvalue weighted by molar-refractivity contribution is 7.90. The molecular weight excluding hydrogens is 352 g/mol. The molecule has 3 aromatic rings. The number of nitrogens with zero attached hydrogens (tertiary/aromatic N) is 3. The predicted octanol–water partition coefficient (Wildman–Crippen LogP) is 2.11. The van der Waals surface area contributed by atoms with Gasteiger partial charge in [0.2, 0.25) is 0 Å². The fraction of sp³-hybridized carbons (Fsp3) is 0.222. The number of benzene rings is 1. The minimum absolute atomic E-state index is 0.249. The van der Waals surface area contributed by atoms with Gasteiger partial charge in [-0.1, -0.05) is 12.1 Å². The number of hydrogen-bond acceptors (Lipinski definition) is 4. The molecule has 0 aliphatic rings. The van der Waals surface area contributed by atoms with Crippen LogP contribution in [0.1, 0.15) is 28.9 Å². The lowest BCUT2D eigenvalue weighted by Crippen LogP contribution is -2.27. The number of rotatable bonds is 5. The van der Waals surface area contributed by atoms with Gasteiger partial charge in [0.1, 0.15) is 11.4 Å². The van der Waals surface area contributed by atoms with Crippen molar-refractivity contribution in [2.45, 2.75) is 17.9 Å². The van der Waals surface area contributed by atoms with Crippen molar-refractivity contribution in [3.05, 3.63) is 66.1 Å². The summed E-state index contributed by atoms with van der Waals surface area (Å²) in [5.74, 6) is 0.425. The largest absolute Gasteiger partial charge is 0.345 e. The highest BCUT2D eigenvalue weighted by Crippen LogP contribution is 2.19. The van der Waals surface area contributed by atoms with Gasteiger partial charge in [-0.3, -0.25) is 9.48 Å². The first-order valence-electron chi connectivity index (χ1n) is 8.03. The number of carbonyl (C=O) groups is 1. The minimum atomic E-state index is -3.24. The molecule has 0 saturated heterocycles. The van der Waals surface area contributed by atoms with Gasteiger partial charge in [0.15, 0.2) is 9.84 Å². The molecule has 0 fully saturated rings. The van der Waals surface area contributed by atoms with Crippen molar-refractivity contribution in [3.63, 3.8) is 0 Å². The Kier molecular flexibility index (Phi) is 4.69. The number of carbonyl (C=O) groups excluding carboxylic acids is 1. The third-order valence-corrected chi connectivity index (χ3v) is 5.29. The molecule has 8 heteroatoms. The first-order chi connectivity index (χ1) is 12.3. The van der Waals surface area contributed by atoms with Gasteiger partial charge in [-0.25, -0.2) is 8.42 Å². The van der Waals surface area contributed by atoms with E-state index in [1.54, 1.807) is 36.0 Å². The lowest BCUT2D eigenvalue weighted by molar-refractivity contribution is 0.0939. The fourth-order valence-corrected chi connectivity index (χ4v) is 3.37. The minimum Gasteiger partial charge on any atom is -0.345 e. The number of aryl methyl sites for hydroxylation is 1. The van der Waals surface area contributed by atoms with E-state index >= 15 is 0 Å². The van der Waals surface area contributed by atoms with Gasteiger partial charge in [-0.2, -0.15) is 5.10 Å². The Morgan fingerprint density at radius 2 is 1.77 bits per heavy atom. The Labute approximate surface area is 152 Å². The number of aromatic nitrogens is 3. The van der Waals surface area contributed by atoms with Crippen LogP contribution in [0.5, 0.6) is 0 Å². The van der Waals surface area contributed by atoms with E-state index in [4.69, 9.17) is 0 Å². The van der Waals surface area contributed by atoms with Crippen LogP contribution in [0.3, 0.4) is 0 Å². The van der Waals surface area contributed by atoms with E-state index < -0.39 is 9.84 Å². The number of sulfone groups is 1. The van der Waals surface area contributed by atoms with Crippen LogP contribution in [0, 0.1) is 0 Å². The van der Waals surface area contributed by atoms with Crippen LogP contribution in [0.4, 0.5) is 0 Å². The molecule has 1 N–H and O–H groups in total. The van der Waals surface area contributed by atoms with Crippen LogP contribution in [0.2, 0.25) is 0 Å². The molecule has 2 aromatic heterocycles. The lowest BCUT2D eigenvalue weighted by atomic mass is 10.1. The zero-order valence-corrected chi connectivity index (χ0v) is 15.6. The first-order valence-corrected chi connectivity index (χ1v) is 9.93. The van der Waals surface area contributed by atoms with Crippen molar-refractivity contribution in [2.75, 3.05) is 6.26 Å². The van der Waals surface area contributed by atoms with E-state index in [1.807, 2.05) is 36.0 Å². The summed E-state index contributed by atoms with van der Waals surface area (Å²) in [6.45, 7) is 1.85. The van der Waals surface area contributed by atoms with Crippen LogP contribution in [0.25, 0.3) is 5.82 Å². The highest BCUT2D eigenvalue weighted by atomic mass is 32.2. The molecular formula is C18H20N4O3S. The molecule has 0 spiro atoms. The summed E-state index contributed by atoms with van der Waals surface area (Å²) >= 11 is 0. The standard InChI is InChI=1S/C18H20N4O3S/c1-13(14-6-8-15(9-7-14)26(3,24)25)20-17(23)16-12-19-21(2)18(16)22-10-4-5-11-22/h4-13H,1-3H3,(H,20,23). The van der Waals surface area contributed by atoms with E-state index in [1.165, 1.54) is 12.5 Å². The maximum atomic E-state index is 12.7. The summed E-state index contributed by atoms with van der Waals surface area (Å²) in [6.07, 6.45) is 6.39. The van der Waals surface area contributed by atoms with Crippen molar-refractivity contribution in [1.29, 1.82) is 0 Å². The summed E-state index contributed by atoms with van der Waals surface area (Å²) < 4.78 is 26.6. The molecule has 1 amide bonds. The molecule has 0 aliphatic heterocycles. The molecule has 26 heavy (non-hydrogen) atoms. The second kappa shape index (κ2) is 6.80. The summed E-state index contributed by atoms with van der Waals surface area (Å²) in [4.78, 5) is 13.0. The molecule has 1 aromatic carbocycles. The first kappa shape index (κ1) is 17.9. The van der Waals surface area contributed by atoms with Crippen molar-refractivity contribution in [2.24, 2.45) is 7.05 Å². The van der Waals surface area contributed by atoms with Gasteiger partial charge >= 0.3 is 0 Å². The van der Waals surface area contributed by atoms with Gasteiger partial charge in [0, 0.05) is 25.7 Å². The number of nitrogens with one attached hydrogen (secondary N) is 1. The maximum Gasteiger partial charge on any atom is 0.257 e. The van der Waals surface area contributed by atoms with Gasteiger partial charge < -0.3 is 9.88 Å². The highest BCUT2D eigenvalue weighted by Gasteiger charge is 2.19. The quantitative estimate of drug-likeness (QED) is 0.743. The van der Waals surface area contributed by atoms with Crippen LogP contribution < -0.4 is 5.32 Å². The molecule has 0 bridgehead atoms. The third kappa shape index (κ3) is 3.55. The Morgan fingerprint density at radius 1 is 1.15 bits per heavy atom. The second-order valence-electron chi connectivity index (χ2n) is 6.13. The number of amides is 1. The molecule has 0 aliphatic carbocycles. The van der Waals surface area contributed by atoms with E-state index in [-0.39, 0.29) is 16.8 Å². The predicted molar refractivity (Wildman–Crippen MR) is 98.0 cm³/mol. The summed E-state index contributed by atoms with van der Waals surface area (Å²) in [6, 6.07) is 9.97. The van der Waals surface area contributed by atoms with Crippen LogP contribution in [-0.2, 0) is 16.9 Å². The average Bonchev–Trinajstić information content (AvgIpc) is 3.23. The summed E-state index contributed by atoms with van der Waals surface area (Å²) in [5, 5.41) is 7.11. The normalized spacial score (nSPS) is 12.7. The molecule has 1 atom stereocenters. The maximum absolute atomic E-state index is 12.7. The topological polar surface area (TPSA) is 86.0 Å². The van der Waals surface area contributed by atoms with Gasteiger partial charge in [-0.05, 0) is 36.8 Å². The monoisotopic (exact) mass is 372 g/mol. The Morgan fingerprint density at radius 3 is 2.35 bits per heavy atom. The van der Waals surface area contributed by atoms with Crippen LogP contribution in [0.15, 0.2) is 59.9 Å². The molecule has 7 nitrogen and oxygen atoms in total. The smallest absolute Gasteiger partial charge is 0.257 e. The zero-order chi connectivity index (χ0) is 18.9. The van der Waals surface area contributed by atoms with Gasteiger partial charge in [0.25, 0.3) is 5.91 Å². The Hall–Kier alpha value is -2.87. The van der Waals surface area contributed by atoms with Crippen molar-refractivity contribution < 1.29 is 13.2 Å². The van der Waals surface area contributed by atoms with E-state index in [2.05, 4.69) is 10.4 Å². The molecule has 0 radical (unpaired) electrons. The Bertz CT molecular complexity index is 1020. The second-order valence-corrected chi connectivity index (χ2v) is 8.15. The molecule has 3 rings (SSSR count). The summed E-state index contributed by atoms with van der Waals surface area (Å²) in [7, 11) is -1.46. The van der Waals surface area contributed by atoms with Crippen molar-refractivity contribution in [3.8, 4) is 5.82 Å². The van der Waals surface area contributed by atoms with E-state index in [0.717, 1.165) is 5.56 Å². The Balaban J connectivity index is 1.81. The van der Waals surface area contributed by atoms with E-state index in [9.17, 15) is 13.2 Å². The van der Waals surface area contributed by atoms with Gasteiger partial charge in [-0.15, -0.1) is 0 Å². The third-order valence-electron chi connectivity index (χ3n) is 4.16. The SMILES string of the molecule is CC(NC(=O)c1cnn(C)c1-n1cccc1)c1ccc(S(C)(=O)=O)cc1. The van der Waals surface area contributed by atoms with Crippen molar-refractivity contribution >= 4 is 15.7 Å². The van der Waals surface area contributed by atoms with Crippen LogP contribution in [-0.4, -0.2) is 34.9 Å².